The van der Waals surface area contributed by atoms with E-state index in [0.717, 1.165) is 41.1 Å². The fraction of sp³-hybridized carbons (Fsp3) is 0.160. The van der Waals surface area contributed by atoms with Crippen molar-refractivity contribution >= 4 is 22.7 Å². The molecule has 1 heterocycles. The van der Waals surface area contributed by atoms with Crippen molar-refractivity contribution in [2.75, 3.05) is 0 Å². The minimum Gasteiger partial charge on any atom is -0.316 e. The molecule has 0 bridgehead atoms. The minimum absolute atomic E-state index is 0.0898. The molecule has 0 saturated carbocycles. The number of thiazole rings is 1. The summed E-state index contributed by atoms with van der Waals surface area (Å²) in [4.78, 5) is 16.7. The van der Waals surface area contributed by atoms with Crippen molar-refractivity contribution in [2.45, 2.75) is 26.3 Å². The number of benzene rings is 3. The van der Waals surface area contributed by atoms with E-state index in [1.165, 1.54) is 17.2 Å². The standard InChI is InChI=1S/C25H23N3O2S/c1-2-19-11-13-22(14-12-19)26-25-27(16-15-20-7-4-3-5-8-20)24(18-31-25)21-9-6-10-23(17-21)28(29)30/h3-14,17-18H,2,15-16H2,1H3. The predicted molar refractivity (Wildman–Crippen MR) is 126 cm³/mol. The first-order chi connectivity index (χ1) is 15.1. The molecule has 0 aliphatic rings. The third-order valence-electron chi connectivity index (χ3n) is 5.19. The molecule has 0 saturated heterocycles. The maximum atomic E-state index is 11.3. The Bertz CT molecular complexity index is 1240. The van der Waals surface area contributed by atoms with Gasteiger partial charge in [0.15, 0.2) is 4.80 Å². The molecule has 0 fully saturated rings. The molecule has 0 aliphatic carbocycles. The van der Waals surface area contributed by atoms with Crippen molar-refractivity contribution in [1.29, 1.82) is 0 Å². The molecular weight excluding hydrogens is 406 g/mol. The molecule has 0 atom stereocenters. The Balaban J connectivity index is 1.76. The van der Waals surface area contributed by atoms with Crippen molar-refractivity contribution in [3.8, 4) is 11.3 Å². The van der Waals surface area contributed by atoms with Crippen molar-refractivity contribution < 1.29 is 4.92 Å². The molecule has 0 radical (unpaired) electrons. The highest BCUT2D eigenvalue weighted by Crippen LogP contribution is 2.25. The quantitative estimate of drug-likeness (QED) is 0.261. The normalized spacial score (nSPS) is 11.6. The molecule has 6 heteroatoms. The summed E-state index contributed by atoms with van der Waals surface area (Å²) in [5, 5.41) is 13.3. The number of hydrogen-bond donors (Lipinski definition) is 0. The summed E-state index contributed by atoms with van der Waals surface area (Å²) in [6, 6.07) is 25.4. The summed E-state index contributed by atoms with van der Waals surface area (Å²) in [6.45, 7) is 2.87. The van der Waals surface area contributed by atoms with E-state index in [9.17, 15) is 10.1 Å². The molecule has 1 aromatic heterocycles. The number of non-ortho nitro benzene ring substituents is 1. The van der Waals surface area contributed by atoms with E-state index in [0.29, 0.717) is 0 Å². The molecule has 0 unspecified atom stereocenters. The van der Waals surface area contributed by atoms with Gasteiger partial charge in [-0.2, -0.15) is 0 Å². The average Bonchev–Trinajstić information content (AvgIpc) is 3.21. The van der Waals surface area contributed by atoms with Crippen molar-refractivity contribution in [3.63, 3.8) is 0 Å². The van der Waals surface area contributed by atoms with E-state index in [-0.39, 0.29) is 10.6 Å². The predicted octanol–water partition coefficient (Wildman–Crippen LogP) is 6.16. The maximum Gasteiger partial charge on any atom is 0.270 e. The van der Waals surface area contributed by atoms with Gasteiger partial charge in [0.1, 0.15) is 0 Å². The van der Waals surface area contributed by atoms with Gasteiger partial charge in [0.25, 0.3) is 5.69 Å². The SMILES string of the molecule is CCc1ccc(N=c2scc(-c3cccc([N+](=O)[O-])c3)n2CCc2ccccc2)cc1. The Hall–Kier alpha value is -3.51. The lowest BCUT2D eigenvalue weighted by Gasteiger charge is -2.10. The highest BCUT2D eigenvalue weighted by Gasteiger charge is 2.12. The molecular formula is C25H23N3O2S. The second-order valence-corrected chi connectivity index (χ2v) is 8.07. The Labute approximate surface area is 185 Å². The Morgan fingerprint density at radius 2 is 1.74 bits per heavy atom. The van der Waals surface area contributed by atoms with Crippen LogP contribution in [0.3, 0.4) is 0 Å². The number of aromatic nitrogens is 1. The van der Waals surface area contributed by atoms with Gasteiger partial charge in [-0.05, 0) is 36.1 Å². The zero-order chi connectivity index (χ0) is 21.6. The van der Waals surface area contributed by atoms with Gasteiger partial charge in [0.05, 0.1) is 16.3 Å². The van der Waals surface area contributed by atoms with Crippen molar-refractivity contribution in [2.24, 2.45) is 4.99 Å². The molecule has 31 heavy (non-hydrogen) atoms. The third-order valence-corrected chi connectivity index (χ3v) is 6.05. The largest absolute Gasteiger partial charge is 0.316 e. The number of hydrogen-bond acceptors (Lipinski definition) is 4. The van der Waals surface area contributed by atoms with E-state index in [4.69, 9.17) is 4.99 Å². The third kappa shape index (κ3) is 4.98. The van der Waals surface area contributed by atoms with Gasteiger partial charge in [-0.1, -0.05) is 61.5 Å². The Kier molecular flexibility index (Phi) is 6.38. The van der Waals surface area contributed by atoms with Crippen LogP contribution in [-0.4, -0.2) is 9.49 Å². The fourth-order valence-corrected chi connectivity index (χ4v) is 4.40. The minimum atomic E-state index is -0.356. The summed E-state index contributed by atoms with van der Waals surface area (Å²) in [5.74, 6) is 0. The van der Waals surface area contributed by atoms with Gasteiger partial charge in [0.2, 0.25) is 0 Å². The number of nitro benzene ring substituents is 1. The lowest BCUT2D eigenvalue weighted by atomic mass is 10.1. The van der Waals surface area contributed by atoms with Crippen LogP contribution >= 0.6 is 11.3 Å². The molecule has 3 aromatic carbocycles. The Morgan fingerprint density at radius 3 is 2.45 bits per heavy atom. The topological polar surface area (TPSA) is 60.4 Å². The van der Waals surface area contributed by atoms with Crippen LogP contribution in [0.15, 0.2) is 89.2 Å². The van der Waals surface area contributed by atoms with Crippen LogP contribution in [0, 0.1) is 10.1 Å². The maximum absolute atomic E-state index is 11.3. The molecule has 5 nitrogen and oxygen atoms in total. The molecule has 0 N–H and O–H groups in total. The first kappa shape index (κ1) is 20.8. The van der Waals surface area contributed by atoms with E-state index >= 15 is 0 Å². The lowest BCUT2D eigenvalue weighted by molar-refractivity contribution is -0.384. The fourth-order valence-electron chi connectivity index (χ4n) is 3.45. The van der Waals surface area contributed by atoms with Crippen LogP contribution in [0.4, 0.5) is 11.4 Å². The van der Waals surface area contributed by atoms with Crippen LogP contribution in [0.1, 0.15) is 18.1 Å². The zero-order valence-electron chi connectivity index (χ0n) is 17.3. The first-order valence-electron chi connectivity index (χ1n) is 10.2. The monoisotopic (exact) mass is 429 g/mol. The molecule has 4 aromatic rings. The summed E-state index contributed by atoms with van der Waals surface area (Å²) in [5.41, 5.74) is 5.27. The summed E-state index contributed by atoms with van der Waals surface area (Å²) < 4.78 is 2.16. The van der Waals surface area contributed by atoms with E-state index in [1.54, 1.807) is 23.5 Å². The van der Waals surface area contributed by atoms with Gasteiger partial charge in [0, 0.05) is 29.6 Å². The van der Waals surface area contributed by atoms with Gasteiger partial charge in [-0.3, -0.25) is 10.1 Å². The summed E-state index contributed by atoms with van der Waals surface area (Å²) in [6.07, 6.45) is 1.84. The van der Waals surface area contributed by atoms with Crippen LogP contribution in [0.5, 0.6) is 0 Å². The van der Waals surface area contributed by atoms with E-state index in [1.807, 2.05) is 41.8 Å². The average molecular weight is 430 g/mol. The van der Waals surface area contributed by atoms with Crippen molar-refractivity contribution in [1.82, 2.24) is 4.57 Å². The van der Waals surface area contributed by atoms with Gasteiger partial charge >= 0.3 is 0 Å². The number of aryl methyl sites for hydroxylation is 2. The van der Waals surface area contributed by atoms with Crippen molar-refractivity contribution in [3.05, 3.63) is 110 Å². The van der Waals surface area contributed by atoms with Gasteiger partial charge in [-0.15, -0.1) is 11.3 Å². The molecule has 4 rings (SSSR count). The molecule has 0 spiro atoms. The Morgan fingerprint density at radius 1 is 0.968 bits per heavy atom. The highest BCUT2D eigenvalue weighted by molar-refractivity contribution is 7.07. The summed E-state index contributed by atoms with van der Waals surface area (Å²) in [7, 11) is 0. The summed E-state index contributed by atoms with van der Waals surface area (Å²) >= 11 is 1.55. The number of nitrogens with zero attached hydrogens (tertiary/aromatic N) is 3. The second kappa shape index (κ2) is 9.53. The van der Waals surface area contributed by atoms with Gasteiger partial charge in [-0.25, -0.2) is 4.99 Å². The first-order valence-corrected chi connectivity index (χ1v) is 11.1. The van der Waals surface area contributed by atoms with Crippen LogP contribution in [-0.2, 0) is 19.4 Å². The van der Waals surface area contributed by atoms with Gasteiger partial charge < -0.3 is 4.57 Å². The number of rotatable bonds is 7. The molecule has 156 valence electrons. The second-order valence-electron chi connectivity index (χ2n) is 7.23. The smallest absolute Gasteiger partial charge is 0.270 e. The number of nitro groups is 1. The van der Waals surface area contributed by atoms with E-state index < -0.39 is 0 Å². The van der Waals surface area contributed by atoms with Crippen LogP contribution in [0.25, 0.3) is 11.3 Å². The molecule has 0 amide bonds. The van der Waals surface area contributed by atoms with Crippen LogP contribution < -0.4 is 4.80 Å². The highest BCUT2D eigenvalue weighted by atomic mass is 32.1. The lowest BCUT2D eigenvalue weighted by Crippen LogP contribution is -2.17. The molecule has 0 aliphatic heterocycles. The zero-order valence-corrected chi connectivity index (χ0v) is 18.1. The van der Waals surface area contributed by atoms with E-state index in [2.05, 4.69) is 35.8 Å². The van der Waals surface area contributed by atoms with Crippen LogP contribution in [0.2, 0.25) is 0 Å².